The molecule has 2 heterocycles. The fourth-order valence-electron chi connectivity index (χ4n) is 5.08. The number of carbonyl (C=O) groups excluding carboxylic acids is 1. The normalized spacial score (nSPS) is 25.2. The Morgan fingerprint density at radius 1 is 1.04 bits per heavy atom. The summed E-state index contributed by atoms with van der Waals surface area (Å²) in [6.07, 6.45) is 8.25. The minimum Gasteiger partial charge on any atom is -0.362 e. The molecule has 1 aliphatic carbocycles. The highest BCUT2D eigenvalue weighted by molar-refractivity contribution is 7.91. The Morgan fingerprint density at radius 3 is 2.56 bits per heavy atom. The minimum atomic E-state index is -3.00. The van der Waals surface area contributed by atoms with Crippen molar-refractivity contribution in [2.24, 2.45) is 0 Å². The summed E-state index contributed by atoms with van der Waals surface area (Å²) in [5, 5.41) is 0. The van der Waals surface area contributed by atoms with Crippen LogP contribution in [0.5, 0.6) is 0 Å². The molecule has 1 amide bonds. The van der Waals surface area contributed by atoms with Gasteiger partial charge < -0.3 is 9.80 Å². The Kier molecular flexibility index (Phi) is 5.44. The van der Waals surface area contributed by atoms with Crippen LogP contribution < -0.4 is 4.90 Å². The summed E-state index contributed by atoms with van der Waals surface area (Å²) in [4.78, 5) is 17.6. The number of hydrogen-bond donors (Lipinski definition) is 0. The molecule has 4 rings (SSSR count). The van der Waals surface area contributed by atoms with Gasteiger partial charge in [-0.25, -0.2) is 8.42 Å². The van der Waals surface area contributed by atoms with E-state index in [1.165, 1.54) is 17.7 Å². The Bertz CT molecular complexity index is 786. The number of rotatable bonds is 4. The van der Waals surface area contributed by atoms with Gasteiger partial charge in [-0.15, -0.1) is 0 Å². The molecule has 2 fully saturated rings. The van der Waals surface area contributed by atoms with Gasteiger partial charge in [-0.1, -0.05) is 37.5 Å². The van der Waals surface area contributed by atoms with E-state index in [2.05, 4.69) is 23.1 Å². The molecule has 1 atom stereocenters. The molecule has 0 radical (unpaired) electrons. The lowest BCUT2D eigenvalue weighted by Crippen LogP contribution is -2.52. The van der Waals surface area contributed by atoms with Gasteiger partial charge in [0.1, 0.15) is 0 Å². The highest BCUT2D eigenvalue weighted by atomic mass is 32.2. The average molecular weight is 391 g/mol. The van der Waals surface area contributed by atoms with Crippen LogP contribution in [0, 0.1) is 0 Å². The molecule has 2 aliphatic heterocycles. The Morgan fingerprint density at radius 2 is 1.81 bits per heavy atom. The molecular formula is C21H30N2O3S. The lowest BCUT2D eigenvalue weighted by atomic mass is 9.92. The van der Waals surface area contributed by atoms with Crippen molar-refractivity contribution in [1.29, 1.82) is 0 Å². The minimum absolute atomic E-state index is 0.112. The number of anilines is 1. The zero-order valence-electron chi connectivity index (χ0n) is 16.0. The predicted molar refractivity (Wildman–Crippen MR) is 108 cm³/mol. The van der Waals surface area contributed by atoms with E-state index in [0.29, 0.717) is 13.0 Å². The van der Waals surface area contributed by atoms with Gasteiger partial charge in [-0.3, -0.25) is 4.79 Å². The molecule has 1 aromatic rings. The third-order valence-electron chi connectivity index (χ3n) is 6.39. The molecule has 1 saturated heterocycles. The molecule has 6 heteroatoms. The van der Waals surface area contributed by atoms with Crippen LogP contribution in [0.25, 0.3) is 0 Å². The first-order valence-corrected chi connectivity index (χ1v) is 12.2. The van der Waals surface area contributed by atoms with Crippen LogP contribution in [0.2, 0.25) is 0 Å². The molecule has 1 aromatic carbocycles. The van der Waals surface area contributed by atoms with Gasteiger partial charge in [0, 0.05) is 24.3 Å². The van der Waals surface area contributed by atoms with Crippen molar-refractivity contribution < 1.29 is 13.2 Å². The first-order chi connectivity index (χ1) is 13.0. The van der Waals surface area contributed by atoms with Crippen molar-refractivity contribution in [1.82, 2.24) is 4.90 Å². The van der Waals surface area contributed by atoms with Gasteiger partial charge in [-0.05, 0) is 43.7 Å². The van der Waals surface area contributed by atoms with Crippen LogP contribution in [0.3, 0.4) is 0 Å². The summed E-state index contributed by atoms with van der Waals surface area (Å²) >= 11 is 0. The monoisotopic (exact) mass is 390 g/mol. The molecule has 0 aromatic heterocycles. The number of aryl methyl sites for hydroxylation is 1. The summed E-state index contributed by atoms with van der Waals surface area (Å²) in [6, 6.07) is 8.42. The van der Waals surface area contributed by atoms with Crippen LogP contribution in [-0.2, 0) is 21.1 Å². The largest absolute Gasteiger partial charge is 0.362 e. The lowest BCUT2D eigenvalue weighted by molar-refractivity contribution is -0.135. The van der Waals surface area contributed by atoms with Crippen molar-refractivity contribution in [3.8, 4) is 0 Å². The maximum absolute atomic E-state index is 13.4. The van der Waals surface area contributed by atoms with Crippen molar-refractivity contribution in [2.45, 2.75) is 63.5 Å². The summed E-state index contributed by atoms with van der Waals surface area (Å²) in [5.74, 6) is 0.479. The van der Waals surface area contributed by atoms with E-state index < -0.39 is 9.84 Å². The number of amides is 1. The Hall–Kier alpha value is -1.56. The number of nitrogens with zero attached hydrogens (tertiary/aromatic N) is 2. The second-order valence-corrected chi connectivity index (χ2v) is 10.5. The van der Waals surface area contributed by atoms with Crippen molar-refractivity contribution in [2.75, 3.05) is 29.5 Å². The molecule has 0 N–H and O–H groups in total. The average Bonchev–Trinajstić information content (AvgIpc) is 3.02. The van der Waals surface area contributed by atoms with Gasteiger partial charge >= 0.3 is 0 Å². The third kappa shape index (κ3) is 4.15. The summed E-state index contributed by atoms with van der Waals surface area (Å²) in [6.45, 7) is 1.26. The molecule has 0 unspecified atom stereocenters. The summed E-state index contributed by atoms with van der Waals surface area (Å²) in [7, 11) is -3.00. The van der Waals surface area contributed by atoms with Crippen LogP contribution in [0.4, 0.5) is 5.69 Å². The number of sulfone groups is 1. The smallest absolute Gasteiger partial charge is 0.242 e. The van der Waals surface area contributed by atoms with Gasteiger partial charge in [0.05, 0.1) is 18.1 Å². The number of benzene rings is 1. The van der Waals surface area contributed by atoms with E-state index in [0.717, 1.165) is 45.1 Å². The molecule has 27 heavy (non-hydrogen) atoms. The Balaban J connectivity index is 1.54. The van der Waals surface area contributed by atoms with E-state index >= 15 is 0 Å². The maximum atomic E-state index is 13.4. The van der Waals surface area contributed by atoms with E-state index in [1.807, 2.05) is 11.0 Å². The second-order valence-electron chi connectivity index (χ2n) is 8.30. The van der Waals surface area contributed by atoms with Gasteiger partial charge in [-0.2, -0.15) is 0 Å². The van der Waals surface area contributed by atoms with E-state index in [-0.39, 0.29) is 29.5 Å². The lowest BCUT2D eigenvalue weighted by Gasteiger charge is -2.40. The topological polar surface area (TPSA) is 57.7 Å². The van der Waals surface area contributed by atoms with Crippen LogP contribution in [-0.4, -0.2) is 55.9 Å². The SMILES string of the molecule is O=C(CN1CCCc2ccccc21)N(C1CCCCC1)[C@H]1CCS(=O)(=O)C1. The summed E-state index contributed by atoms with van der Waals surface area (Å²) in [5.41, 5.74) is 2.48. The maximum Gasteiger partial charge on any atom is 0.242 e. The molecule has 5 nitrogen and oxygen atoms in total. The fraction of sp³-hybridized carbons (Fsp3) is 0.667. The highest BCUT2D eigenvalue weighted by Crippen LogP contribution is 2.30. The molecule has 1 saturated carbocycles. The first-order valence-electron chi connectivity index (χ1n) is 10.4. The van der Waals surface area contributed by atoms with Crippen molar-refractivity contribution >= 4 is 21.4 Å². The quantitative estimate of drug-likeness (QED) is 0.793. The molecule has 3 aliphatic rings. The van der Waals surface area contributed by atoms with Gasteiger partial charge in [0.15, 0.2) is 9.84 Å². The number of fused-ring (bicyclic) bond motifs is 1. The van der Waals surface area contributed by atoms with E-state index in [9.17, 15) is 13.2 Å². The van der Waals surface area contributed by atoms with E-state index in [1.54, 1.807) is 0 Å². The standard InChI is InChI=1S/C21H30N2O3S/c24-21(15-22-13-6-8-17-7-4-5-11-20(17)22)23(18-9-2-1-3-10-18)19-12-14-27(25,26)16-19/h4-5,7,11,18-19H,1-3,6,8-10,12-16H2/t19-/m0/s1. The van der Waals surface area contributed by atoms with Crippen molar-refractivity contribution in [3.63, 3.8) is 0 Å². The summed E-state index contributed by atoms with van der Waals surface area (Å²) < 4.78 is 24.1. The molecule has 148 valence electrons. The highest BCUT2D eigenvalue weighted by Gasteiger charge is 2.39. The second kappa shape index (κ2) is 7.82. The van der Waals surface area contributed by atoms with Gasteiger partial charge in [0.25, 0.3) is 0 Å². The number of carbonyl (C=O) groups is 1. The molecule has 0 bridgehead atoms. The molecular weight excluding hydrogens is 360 g/mol. The van der Waals surface area contributed by atoms with E-state index in [4.69, 9.17) is 0 Å². The first kappa shape index (κ1) is 18.8. The third-order valence-corrected chi connectivity index (χ3v) is 8.14. The van der Waals surface area contributed by atoms with Crippen LogP contribution >= 0.6 is 0 Å². The predicted octanol–water partition coefficient (Wildman–Crippen LogP) is 2.79. The van der Waals surface area contributed by atoms with Gasteiger partial charge in [0.2, 0.25) is 5.91 Å². The van der Waals surface area contributed by atoms with Crippen LogP contribution in [0.1, 0.15) is 50.5 Å². The fourth-order valence-corrected chi connectivity index (χ4v) is 6.79. The zero-order chi connectivity index (χ0) is 18.9. The zero-order valence-corrected chi connectivity index (χ0v) is 16.8. The molecule has 0 spiro atoms. The Labute approximate surface area is 162 Å². The number of para-hydroxylation sites is 1. The van der Waals surface area contributed by atoms with Crippen molar-refractivity contribution in [3.05, 3.63) is 29.8 Å². The van der Waals surface area contributed by atoms with Crippen LogP contribution in [0.15, 0.2) is 24.3 Å². The number of hydrogen-bond acceptors (Lipinski definition) is 4.